The summed E-state index contributed by atoms with van der Waals surface area (Å²) in [6.07, 6.45) is 1.70. The second-order valence-electron chi connectivity index (χ2n) is 6.08. The second-order valence-corrected chi connectivity index (χ2v) is 6.08. The molecule has 0 atom stereocenters. The van der Waals surface area contributed by atoms with Crippen molar-refractivity contribution in [2.24, 2.45) is 14.1 Å². The molecule has 3 aromatic rings. The summed E-state index contributed by atoms with van der Waals surface area (Å²) < 4.78 is 8.78. The van der Waals surface area contributed by atoms with Crippen LogP contribution in [-0.4, -0.2) is 31.8 Å². The van der Waals surface area contributed by atoms with Gasteiger partial charge in [-0.25, -0.2) is 4.68 Å². The quantitative estimate of drug-likeness (QED) is 0.772. The third kappa shape index (κ3) is 2.63. The average Bonchev–Trinajstić information content (AvgIpc) is 2.99. The Morgan fingerprint density at radius 1 is 1.22 bits per heavy atom. The number of aromatic nitrogens is 4. The molecule has 0 amide bonds. The molecule has 0 bridgehead atoms. The second kappa shape index (κ2) is 5.27. The number of anilines is 2. The van der Waals surface area contributed by atoms with E-state index in [2.05, 4.69) is 15.5 Å². The van der Waals surface area contributed by atoms with Gasteiger partial charge >= 0.3 is 0 Å². The van der Waals surface area contributed by atoms with Gasteiger partial charge in [0.15, 0.2) is 5.82 Å². The van der Waals surface area contributed by atoms with Gasteiger partial charge in [0.2, 0.25) is 5.88 Å². The summed E-state index contributed by atoms with van der Waals surface area (Å²) in [5.74, 6) is 1.35. The van der Waals surface area contributed by atoms with Crippen LogP contribution in [0.25, 0.3) is 10.9 Å². The average molecular weight is 315 g/mol. The van der Waals surface area contributed by atoms with E-state index in [4.69, 9.17) is 4.74 Å². The summed E-state index contributed by atoms with van der Waals surface area (Å²) in [5, 5.41) is 23.1. The molecule has 0 aliphatic heterocycles. The molecule has 23 heavy (non-hydrogen) atoms. The van der Waals surface area contributed by atoms with E-state index in [0.717, 1.165) is 28.0 Å². The summed E-state index contributed by atoms with van der Waals surface area (Å²) in [7, 11) is 5.30. The van der Waals surface area contributed by atoms with Crippen LogP contribution in [0, 0.1) is 0 Å². The van der Waals surface area contributed by atoms with Gasteiger partial charge in [0, 0.05) is 19.5 Å². The molecule has 2 N–H and O–H groups in total. The third-order valence-electron chi connectivity index (χ3n) is 3.89. The van der Waals surface area contributed by atoms with Crippen LogP contribution in [0.3, 0.4) is 0 Å². The van der Waals surface area contributed by atoms with Gasteiger partial charge in [-0.1, -0.05) is 6.07 Å². The van der Waals surface area contributed by atoms with Crippen molar-refractivity contribution in [2.45, 2.75) is 19.4 Å². The Hall–Kier alpha value is -2.54. The van der Waals surface area contributed by atoms with E-state index in [-0.39, 0.29) is 0 Å². The van der Waals surface area contributed by atoms with E-state index in [9.17, 15) is 5.11 Å². The fraction of sp³-hybridized carbons (Fsp3) is 0.375. The Kier molecular flexibility index (Phi) is 3.52. The first-order chi connectivity index (χ1) is 10.8. The van der Waals surface area contributed by atoms with E-state index in [1.807, 2.05) is 32.3 Å². The van der Waals surface area contributed by atoms with E-state index < -0.39 is 5.60 Å². The zero-order chi connectivity index (χ0) is 16.8. The van der Waals surface area contributed by atoms with Gasteiger partial charge in [-0.15, -0.1) is 0 Å². The summed E-state index contributed by atoms with van der Waals surface area (Å²) in [4.78, 5) is 0. The molecule has 0 unspecified atom stereocenters. The first kappa shape index (κ1) is 15.4. The van der Waals surface area contributed by atoms with Gasteiger partial charge < -0.3 is 15.2 Å². The summed E-state index contributed by atoms with van der Waals surface area (Å²) in [6, 6.07) is 5.82. The molecule has 0 aliphatic rings. The Morgan fingerprint density at radius 3 is 2.61 bits per heavy atom. The number of fused-ring (bicyclic) bond motifs is 1. The summed E-state index contributed by atoms with van der Waals surface area (Å²) >= 11 is 0. The largest absolute Gasteiger partial charge is 0.480 e. The zero-order valence-corrected chi connectivity index (χ0v) is 14.0. The topological polar surface area (TPSA) is 77.1 Å². The molecule has 2 aromatic heterocycles. The monoisotopic (exact) mass is 315 g/mol. The highest BCUT2D eigenvalue weighted by Gasteiger charge is 2.19. The molecule has 122 valence electrons. The summed E-state index contributed by atoms with van der Waals surface area (Å²) in [5.41, 5.74) is 1.65. The van der Waals surface area contributed by atoms with Crippen molar-refractivity contribution >= 4 is 22.4 Å². The fourth-order valence-corrected chi connectivity index (χ4v) is 2.61. The highest BCUT2D eigenvalue weighted by atomic mass is 16.5. The number of ether oxygens (including phenoxy) is 1. The van der Waals surface area contributed by atoms with Crippen LogP contribution >= 0.6 is 0 Å². The number of nitrogens with zero attached hydrogens (tertiary/aromatic N) is 4. The van der Waals surface area contributed by atoms with Crippen LogP contribution < -0.4 is 10.1 Å². The molecule has 3 rings (SSSR count). The number of hydrogen-bond acceptors (Lipinski definition) is 5. The first-order valence-electron chi connectivity index (χ1n) is 7.34. The van der Waals surface area contributed by atoms with Crippen LogP contribution in [0.5, 0.6) is 5.88 Å². The minimum atomic E-state index is -0.890. The maximum Gasteiger partial charge on any atom is 0.235 e. The predicted octanol–water partition coefficient (Wildman–Crippen LogP) is 2.29. The molecule has 0 radical (unpaired) electrons. The Bertz CT molecular complexity index is 857. The molecule has 7 nitrogen and oxygen atoms in total. The van der Waals surface area contributed by atoms with E-state index >= 15 is 0 Å². The molecule has 1 aromatic carbocycles. The van der Waals surface area contributed by atoms with Gasteiger partial charge in [-0.2, -0.15) is 10.2 Å². The zero-order valence-electron chi connectivity index (χ0n) is 14.0. The molecule has 0 saturated carbocycles. The normalized spacial score (nSPS) is 11.9. The maximum atomic E-state index is 10.2. The highest BCUT2D eigenvalue weighted by molar-refractivity contribution is 5.92. The molecule has 7 heteroatoms. The number of aryl methyl sites for hydroxylation is 2. The number of methoxy groups -OCH3 is 1. The molecule has 2 heterocycles. The van der Waals surface area contributed by atoms with Crippen molar-refractivity contribution in [3.05, 3.63) is 30.0 Å². The number of hydrogen-bond donors (Lipinski definition) is 2. The Balaban J connectivity index is 2.05. The number of aliphatic hydroxyl groups is 1. The van der Waals surface area contributed by atoms with Crippen molar-refractivity contribution < 1.29 is 9.84 Å². The van der Waals surface area contributed by atoms with Crippen molar-refractivity contribution in [2.75, 3.05) is 12.4 Å². The molecule has 0 aliphatic carbocycles. The van der Waals surface area contributed by atoms with Crippen molar-refractivity contribution in [1.82, 2.24) is 19.6 Å². The molecule has 0 saturated heterocycles. The Labute approximate surface area is 134 Å². The molecule has 0 fully saturated rings. The minimum absolute atomic E-state index is 0.636. The van der Waals surface area contributed by atoms with Gasteiger partial charge in [0.1, 0.15) is 5.69 Å². The summed E-state index contributed by atoms with van der Waals surface area (Å²) in [6.45, 7) is 3.54. The predicted molar refractivity (Wildman–Crippen MR) is 89.0 cm³/mol. The molecular weight excluding hydrogens is 294 g/mol. The van der Waals surface area contributed by atoms with Crippen LogP contribution in [0.2, 0.25) is 0 Å². The van der Waals surface area contributed by atoms with E-state index in [1.54, 1.807) is 36.5 Å². The number of rotatable bonds is 4. The lowest BCUT2D eigenvalue weighted by Gasteiger charge is -2.17. The molecule has 0 spiro atoms. The lowest BCUT2D eigenvalue weighted by molar-refractivity contribution is 0.0787. The Morgan fingerprint density at radius 2 is 1.96 bits per heavy atom. The van der Waals surface area contributed by atoms with Crippen LogP contribution in [-0.2, 0) is 19.7 Å². The third-order valence-corrected chi connectivity index (χ3v) is 3.89. The van der Waals surface area contributed by atoms with E-state index in [1.165, 1.54) is 0 Å². The van der Waals surface area contributed by atoms with Gasteiger partial charge in [-0.3, -0.25) is 4.68 Å². The minimum Gasteiger partial charge on any atom is -0.480 e. The first-order valence-corrected chi connectivity index (χ1v) is 7.34. The highest BCUT2D eigenvalue weighted by Crippen LogP contribution is 2.32. The van der Waals surface area contributed by atoms with Crippen LogP contribution in [0.15, 0.2) is 24.4 Å². The van der Waals surface area contributed by atoms with Crippen LogP contribution in [0.4, 0.5) is 11.5 Å². The van der Waals surface area contributed by atoms with E-state index in [0.29, 0.717) is 5.88 Å². The van der Waals surface area contributed by atoms with Gasteiger partial charge in [0.05, 0.1) is 24.4 Å². The molecular formula is C16H21N5O2. The van der Waals surface area contributed by atoms with Crippen molar-refractivity contribution in [3.8, 4) is 5.88 Å². The standard InChI is InChI=1S/C16H21N5O2/c1-16(2,22)10-6-7-11-13(8-10)20(3)19-14(11)18-12-9-17-21(4)15(12)23-5/h6-9,22H,1-5H3,(H,18,19). The maximum absolute atomic E-state index is 10.2. The number of benzene rings is 1. The van der Waals surface area contributed by atoms with Crippen LogP contribution in [0.1, 0.15) is 19.4 Å². The van der Waals surface area contributed by atoms with Gasteiger partial charge in [-0.05, 0) is 31.5 Å². The number of nitrogens with one attached hydrogen (secondary N) is 1. The smallest absolute Gasteiger partial charge is 0.235 e. The lowest BCUT2D eigenvalue weighted by Crippen LogP contribution is -2.15. The SMILES string of the molecule is COc1c(Nc2nn(C)c3cc(C(C)(C)O)ccc23)cnn1C. The van der Waals surface area contributed by atoms with Crippen molar-refractivity contribution in [1.29, 1.82) is 0 Å². The lowest BCUT2D eigenvalue weighted by atomic mass is 9.97. The van der Waals surface area contributed by atoms with Gasteiger partial charge in [0.25, 0.3) is 0 Å². The van der Waals surface area contributed by atoms with Crippen molar-refractivity contribution in [3.63, 3.8) is 0 Å². The fourth-order valence-electron chi connectivity index (χ4n) is 2.61.